The van der Waals surface area contributed by atoms with E-state index < -0.39 is 0 Å². The summed E-state index contributed by atoms with van der Waals surface area (Å²) in [7, 11) is 0. The van der Waals surface area contributed by atoms with Gasteiger partial charge >= 0.3 is 0 Å². The van der Waals surface area contributed by atoms with Crippen molar-refractivity contribution < 1.29 is 0 Å². The molecule has 3 heteroatoms. The molecule has 1 atom stereocenters. The molecule has 0 aliphatic carbocycles. The number of rotatable bonds is 2. The van der Waals surface area contributed by atoms with Crippen molar-refractivity contribution in [2.45, 2.75) is 6.04 Å². The Balaban J connectivity index is 2.28. The van der Waals surface area contributed by atoms with Crippen LogP contribution in [0.15, 0.2) is 52.3 Å². The van der Waals surface area contributed by atoms with Crippen LogP contribution in [0.3, 0.4) is 0 Å². The van der Waals surface area contributed by atoms with Gasteiger partial charge in [-0.1, -0.05) is 30.3 Å². The van der Waals surface area contributed by atoms with Crippen LogP contribution in [-0.4, -0.2) is 6.54 Å². The van der Waals surface area contributed by atoms with Gasteiger partial charge in [-0.3, -0.25) is 0 Å². The number of azo groups is 1. The van der Waals surface area contributed by atoms with Gasteiger partial charge in [0.2, 0.25) is 0 Å². The van der Waals surface area contributed by atoms with Gasteiger partial charge in [-0.05, 0) is 11.1 Å². The highest BCUT2D eigenvalue weighted by Crippen LogP contribution is 2.29. The highest BCUT2D eigenvalue weighted by Gasteiger charge is 2.17. The SMILES string of the molecule is NCC1=CN=NC1c1ccccc1. The average Bonchev–Trinajstić information content (AvgIpc) is 2.67. The lowest BCUT2D eigenvalue weighted by Crippen LogP contribution is -2.08. The standard InChI is InChI=1S/C10H11N3/c11-6-9-7-12-13-10(9)8-4-2-1-3-5-8/h1-5,7,10H,6,11H2. The van der Waals surface area contributed by atoms with Crippen LogP contribution >= 0.6 is 0 Å². The fourth-order valence-electron chi connectivity index (χ4n) is 1.40. The summed E-state index contributed by atoms with van der Waals surface area (Å²) >= 11 is 0. The summed E-state index contributed by atoms with van der Waals surface area (Å²) in [5, 5.41) is 7.99. The molecule has 0 spiro atoms. The van der Waals surface area contributed by atoms with E-state index in [-0.39, 0.29) is 6.04 Å². The van der Waals surface area contributed by atoms with E-state index in [1.54, 1.807) is 6.20 Å². The zero-order valence-electron chi connectivity index (χ0n) is 7.22. The van der Waals surface area contributed by atoms with Crippen LogP contribution in [0, 0.1) is 0 Å². The van der Waals surface area contributed by atoms with Crippen LogP contribution in [0.2, 0.25) is 0 Å². The van der Waals surface area contributed by atoms with Crippen molar-refractivity contribution in [2.75, 3.05) is 6.54 Å². The minimum absolute atomic E-state index is 0.0474. The minimum atomic E-state index is 0.0474. The molecule has 1 heterocycles. The third-order valence-corrected chi connectivity index (χ3v) is 2.11. The molecular formula is C10H11N3. The lowest BCUT2D eigenvalue weighted by molar-refractivity contribution is 0.813. The Labute approximate surface area is 77.0 Å². The van der Waals surface area contributed by atoms with Crippen molar-refractivity contribution in [3.8, 4) is 0 Å². The number of nitrogens with two attached hydrogens (primary N) is 1. The van der Waals surface area contributed by atoms with Gasteiger partial charge in [-0.25, -0.2) is 0 Å². The Morgan fingerprint density at radius 2 is 2.00 bits per heavy atom. The number of nitrogens with zero attached hydrogens (tertiary/aromatic N) is 2. The average molecular weight is 173 g/mol. The van der Waals surface area contributed by atoms with E-state index in [1.165, 1.54) is 0 Å². The smallest absolute Gasteiger partial charge is 0.120 e. The molecule has 2 rings (SSSR count). The predicted octanol–water partition coefficient (Wildman–Crippen LogP) is 2.04. The van der Waals surface area contributed by atoms with E-state index in [1.807, 2.05) is 30.3 Å². The molecule has 0 saturated heterocycles. The van der Waals surface area contributed by atoms with Gasteiger partial charge in [0.05, 0.1) is 6.20 Å². The maximum Gasteiger partial charge on any atom is 0.120 e. The molecule has 3 nitrogen and oxygen atoms in total. The van der Waals surface area contributed by atoms with Crippen molar-refractivity contribution in [3.05, 3.63) is 47.7 Å². The first-order chi connectivity index (χ1) is 6.42. The highest BCUT2D eigenvalue weighted by molar-refractivity contribution is 5.30. The van der Waals surface area contributed by atoms with Gasteiger partial charge < -0.3 is 5.73 Å². The quantitative estimate of drug-likeness (QED) is 0.731. The Morgan fingerprint density at radius 3 is 2.69 bits per heavy atom. The maximum atomic E-state index is 5.57. The fraction of sp³-hybridized carbons (Fsp3) is 0.200. The molecule has 1 unspecified atom stereocenters. The summed E-state index contributed by atoms with van der Waals surface area (Å²) in [5.74, 6) is 0. The van der Waals surface area contributed by atoms with Crippen molar-refractivity contribution in [3.63, 3.8) is 0 Å². The van der Waals surface area contributed by atoms with Gasteiger partial charge in [-0.15, -0.1) is 0 Å². The first-order valence-electron chi connectivity index (χ1n) is 4.25. The summed E-state index contributed by atoms with van der Waals surface area (Å²) in [4.78, 5) is 0. The lowest BCUT2D eigenvalue weighted by Gasteiger charge is -2.08. The Bertz CT molecular complexity index is 340. The Kier molecular flexibility index (Phi) is 2.19. The van der Waals surface area contributed by atoms with Crippen molar-refractivity contribution in [1.82, 2.24) is 0 Å². The van der Waals surface area contributed by atoms with Gasteiger partial charge in [-0.2, -0.15) is 10.2 Å². The second-order valence-electron chi connectivity index (χ2n) is 2.95. The second kappa shape index (κ2) is 3.49. The summed E-state index contributed by atoms with van der Waals surface area (Å²) in [6, 6.07) is 10.1. The minimum Gasteiger partial charge on any atom is -0.327 e. The Hall–Kier alpha value is -1.48. The third kappa shape index (κ3) is 1.51. The van der Waals surface area contributed by atoms with Crippen LogP contribution in [0.1, 0.15) is 11.6 Å². The van der Waals surface area contributed by atoms with E-state index in [4.69, 9.17) is 5.73 Å². The molecule has 0 radical (unpaired) electrons. The largest absolute Gasteiger partial charge is 0.327 e. The summed E-state index contributed by atoms with van der Waals surface area (Å²) < 4.78 is 0. The lowest BCUT2D eigenvalue weighted by atomic mass is 10.0. The van der Waals surface area contributed by atoms with Crippen LogP contribution in [0.25, 0.3) is 0 Å². The fourth-order valence-corrected chi connectivity index (χ4v) is 1.40. The molecular weight excluding hydrogens is 162 g/mol. The normalized spacial score (nSPS) is 20.4. The topological polar surface area (TPSA) is 50.7 Å². The molecule has 0 amide bonds. The van der Waals surface area contributed by atoms with E-state index in [9.17, 15) is 0 Å². The molecule has 2 N–H and O–H groups in total. The molecule has 0 bridgehead atoms. The van der Waals surface area contributed by atoms with E-state index >= 15 is 0 Å². The molecule has 0 saturated carbocycles. The van der Waals surface area contributed by atoms with Gasteiger partial charge in [0, 0.05) is 6.54 Å². The number of hydrogen-bond donors (Lipinski definition) is 1. The zero-order valence-corrected chi connectivity index (χ0v) is 7.22. The van der Waals surface area contributed by atoms with Gasteiger partial charge in [0.15, 0.2) is 0 Å². The summed E-state index contributed by atoms with van der Waals surface area (Å²) in [6.07, 6.45) is 1.75. The van der Waals surface area contributed by atoms with Crippen molar-refractivity contribution >= 4 is 0 Å². The third-order valence-electron chi connectivity index (χ3n) is 2.11. The highest BCUT2D eigenvalue weighted by atomic mass is 15.1. The van der Waals surface area contributed by atoms with Gasteiger partial charge in [0.1, 0.15) is 6.04 Å². The molecule has 0 aromatic heterocycles. The molecule has 1 aromatic rings. The molecule has 1 aromatic carbocycles. The van der Waals surface area contributed by atoms with Crippen LogP contribution in [0.5, 0.6) is 0 Å². The maximum absolute atomic E-state index is 5.57. The second-order valence-corrected chi connectivity index (χ2v) is 2.95. The van der Waals surface area contributed by atoms with Gasteiger partial charge in [0.25, 0.3) is 0 Å². The number of hydrogen-bond acceptors (Lipinski definition) is 3. The predicted molar refractivity (Wildman–Crippen MR) is 51.2 cm³/mol. The first-order valence-corrected chi connectivity index (χ1v) is 4.25. The van der Waals surface area contributed by atoms with Crippen LogP contribution < -0.4 is 5.73 Å². The van der Waals surface area contributed by atoms with E-state index in [0.29, 0.717) is 6.54 Å². The van der Waals surface area contributed by atoms with Crippen molar-refractivity contribution in [1.29, 1.82) is 0 Å². The summed E-state index contributed by atoms with van der Waals surface area (Å²) in [5.41, 5.74) is 7.80. The molecule has 0 fully saturated rings. The van der Waals surface area contributed by atoms with Crippen molar-refractivity contribution in [2.24, 2.45) is 16.0 Å². The summed E-state index contributed by atoms with van der Waals surface area (Å²) in [6.45, 7) is 0.520. The van der Waals surface area contributed by atoms with E-state index in [2.05, 4.69) is 10.2 Å². The first kappa shape index (κ1) is 8.13. The number of benzene rings is 1. The molecule has 1 aliphatic rings. The monoisotopic (exact) mass is 173 g/mol. The molecule has 13 heavy (non-hydrogen) atoms. The molecule has 1 aliphatic heterocycles. The Morgan fingerprint density at radius 1 is 1.23 bits per heavy atom. The van der Waals surface area contributed by atoms with Crippen LogP contribution in [0.4, 0.5) is 0 Å². The molecule has 66 valence electrons. The zero-order chi connectivity index (χ0) is 9.10. The van der Waals surface area contributed by atoms with Crippen LogP contribution in [-0.2, 0) is 0 Å². The van der Waals surface area contributed by atoms with E-state index in [0.717, 1.165) is 11.1 Å².